The van der Waals surface area contributed by atoms with Crippen molar-refractivity contribution in [3.05, 3.63) is 317 Å². The predicted molar refractivity (Wildman–Crippen MR) is 497 cm³/mol. The molecule has 0 unspecified atom stereocenters. The van der Waals surface area contributed by atoms with E-state index in [9.17, 15) is 40.8 Å². The van der Waals surface area contributed by atoms with Gasteiger partial charge in [-0.2, -0.15) is 0 Å². The van der Waals surface area contributed by atoms with Gasteiger partial charge in [0.1, 0.15) is 5.69 Å². The molecule has 0 spiro atoms. The Labute approximate surface area is 739 Å². The molecule has 2 aliphatic heterocycles. The van der Waals surface area contributed by atoms with Gasteiger partial charge in [0.05, 0.1) is 38.5 Å². The number of nitrogens with zero attached hydrogens (tertiary/aromatic N) is 2. The number of pyridine rings is 2. The van der Waals surface area contributed by atoms with E-state index in [1.165, 1.54) is 7.05 Å². The molecule has 125 heavy (non-hydrogen) atoms. The third kappa shape index (κ3) is 20.3. The number of anilines is 4. The number of nitrogens with one attached hydrogen (secondary N) is 6. The molecule has 4 aliphatic carbocycles. The molecule has 0 atom stereocenters. The van der Waals surface area contributed by atoms with E-state index >= 15 is 0 Å². The summed E-state index contributed by atoms with van der Waals surface area (Å²) in [5.74, 6) is 2.30. The number of nitrogens with two attached hydrogens (primary N) is 1. The lowest BCUT2D eigenvalue weighted by atomic mass is 9.68. The number of hydrogen-bond donors (Lipinski definition) is 8. The highest BCUT2D eigenvalue weighted by Gasteiger charge is 2.53. The number of benzene rings is 10. The molecule has 12 aromatic rings. The highest BCUT2D eigenvalue weighted by Crippen LogP contribution is 2.53. The van der Waals surface area contributed by atoms with Crippen LogP contribution in [-0.4, -0.2) is 83.2 Å². The van der Waals surface area contributed by atoms with Crippen LogP contribution in [0.25, 0.3) is 44.6 Å². The number of aromatic nitrogens is 2. The molecule has 0 bridgehead atoms. The lowest BCUT2D eigenvalue weighted by molar-refractivity contribution is -0.123. The third-order valence-corrected chi connectivity index (χ3v) is 26.4. The number of carbonyl (C=O) groups excluding carboxylic acids is 5. The Kier molecular flexibility index (Phi) is 26.9. The molecular weight excluding hydrogens is 1640 g/mol. The van der Waals surface area contributed by atoms with Gasteiger partial charge in [0, 0.05) is 63.5 Å². The summed E-state index contributed by atoms with van der Waals surface area (Å²) in [6.07, 6.45) is 16.4. The zero-order valence-corrected chi connectivity index (χ0v) is 72.3. The Balaban J connectivity index is 0.000000177. The second kappa shape index (κ2) is 38.1. The lowest BCUT2D eigenvalue weighted by Gasteiger charge is -2.36. The Morgan fingerprint density at radius 3 is 1.33 bits per heavy atom. The van der Waals surface area contributed by atoms with Gasteiger partial charge < -0.3 is 52.1 Å². The Morgan fingerprint density at radius 1 is 0.424 bits per heavy atom. The fraction of sp³-hybridized carbons (Fsp3) is 0.242. The normalized spacial score (nSPS) is 15.5. The number of halogens is 1. The number of primary amides is 1. The summed E-state index contributed by atoms with van der Waals surface area (Å²) in [6, 6.07) is 80.0. The molecule has 0 saturated heterocycles. The van der Waals surface area contributed by atoms with Crippen molar-refractivity contribution in [2.45, 2.75) is 130 Å². The van der Waals surface area contributed by atoms with Crippen molar-refractivity contribution in [2.75, 3.05) is 48.2 Å². The van der Waals surface area contributed by atoms with Gasteiger partial charge >= 0.3 is 0 Å². The van der Waals surface area contributed by atoms with Crippen LogP contribution in [0.3, 0.4) is 0 Å². The van der Waals surface area contributed by atoms with Crippen LogP contribution in [-0.2, 0) is 67.4 Å². The Morgan fingerprint density at radius 2 is 0.864 bits per heavy atom. The molecule has 18 rings (SSSR count). The molecular formula is C99H107ClN10O13S2. The third-order valence-electron chi connectivity index (χ3n) is 24.1. The molecule has 2 aromatic heterocycles. The minimum Gasteiger partial charge on any atom is -0.454 e. The van der Waals surface area contributed by atoms with E-state index in [1.54, 1.807) is 48.8 Å². The molecule has 11 N–H and O–H groups in total. The zero-order valence-electron chi connectivity index (χ0n) is 69.9. The summed E-state index contributed by atoms with van der Waals surface area (Å²) < 4.78 is 73.0. The van der Waals surface area contributed by atoms with Crippen LogP contribution in [0.1, 0.15) is 139 Å². The summed E-state index contributed by atoms with van der Waals surface area (Å²) in [6.45, 7) is 4.73. The number of hydrogen-bond acceptors (Lipinski definition) is 16. The van der Waals surface area contributed by atoms with E-state index in [0.717, 1.165) is 190 Å². The first-order chi connectivity index (χ1) is 59.8. The Bertz CT molecular complexity index is 6220. The van der Waals surface area contributed by atoms with Crippen LogP contribution in [0.4, 0.5) is 22.7 Å². The van der Waals surface area contributed by atoms with Crippen LogP contribution >= 0.6 is 11.6 Å². The van der Waals surface area contributed by atoms with Crippen molar-refractivity contribution >= 4 is 83.9 Å². The van der Waals surface area contributed by atoms with Crippen LogP contribution in [0.5, 0.6) is 23.0 Å². The molecule has 26 heteroatoms. The molecule has 6 aliphatic rings. The van der Waals surface area contributed by atoms with E-state index < -0.39 is 47.6 Å². The molecule has 4 saturated carbocycles. The van der Waals surface area contributed by atoms with Crippen molar-refractivity contribution in [1.29, 1.82) is 0 Å². The highest BCUT2D eigenvalue weighted by molar-refractivity contribution is 7.89. The number of fused-ring (bicyclic) bond motifs is 2. The van der Waals surface area contributed by atoms with Crippen molar-refractivity contribution in [3.63, 3.8) is 0 Å². The van der Waals surface area contributed by atoms with Crippen molar-refractivity contribution in [2.24, 2.45) is 5.73 Å². The fourth-order valence-corrected chi connectivity index (χ4v) is 17.9. The molecule has 5 amide bonds. The molecule has 23 nitrogen and oxygen atoms in total. The van der Waals surface area contributed by atoms with Crippen LogP contribution in [0.15, 0.2) is 272 Å². The Hall–Kier alpha value is -12.9. The fourth-order valence-electron chi connectivity index (χ4n) is 16.6. The largest absolute Gasteiger partial charge is 0.454 e. The summed E-state index contributed by atoms with van der Waals surface area (Å²) in [4.78, 5) is 73.4. The first kappa shape index (κ1) is 88.4. The van der Waals surface area contributed by atoms with Gasteiger partial charge in [0.2, 0.25) is 57.3 Å². The molecule has 10 aromatic carbocycles. The molecule has 4 fully saturated rings. The highest BCUT2D eigenvalue weighted by atomic mass is 35.5. The first-order valence-electron chi connectivity index (χ1n) is 41.4. The lowest BCUT2D eigenvalue weighted by Crippen LogP contribution is -2.42. The van der Waals surface area contributed by atoms with Crippen molar-refractivity contribution in [1.82, 2.24) is 25.6 Å². The number of sulfonamides is 2. The van der Waals surface area contributed by atoms with E-state index in [0.29, 0.717) is 33.6 Å². The quantitative estimate of drug-likeness (QED) is 0.0312. The second-order valence-corrected chi connectivity index (χ2v) is 36.3. The van der Waals surface area contributed by atoms with Crippen molar-refractivity contribution in [3.8, 4) is 67.6 Å². The number of rotatable bonds is 22. The average Bonchev–Trinajstić information content (AvgIpc) is 1.59. The summed E-state index contributed by atoms with van der Waals surface area (Å²) >= 11 is 6.09. The second-order valence-electron chi connectivity index (χ2n) is 32.2. The SMILES string of the molecule is CNS(=O)(=O)c1ccc(-c2cccc(NC(=O)C3(c4ccc(Cl)cc4)CCCCC3)c2)cc1.CS(=O)(=O)NCc1ccc(-c2cccc(NC(=O)C3(c4ccccc4)CCCC3)c2)cc1.Cc1ccc(NC(=O)C2(c3ccc4c(c3)OCO4)CC2)cc1-c1ccc(C(N)=O)nc1.Cc1ccc(NC(=O)C2(c3ccc4c(c3)OCO4)CC2)cc1-c1ccccn1.N.[HH].[HH].[HH].[HH]. The van der Waals surface area contributed by atoms with Gasteiger partial charge in [-0.25, -0.2) is 26.3 Å². The average molecular weight is 1740 g/mol. The topological polar surface area (TPSA) is 350 Å². The molecule has 650 valence electrons. The molecule has 4 heterocycles. The number of aryl methyl sites for hydroxylation is 2. The maximum Gasteiger partial charge on any atom is 0.267 e. The maximum atomic E-state index is 13.6. The number of ether oxygens (including phenoxy) is 4. The van der Waals surface area contributed by atoms with Crippen molar-refractivity contribution < 1.29 is 65.5 Å². The van der Waals surface area contributed by atoms with Crippen LogP contribution in [0.2, 0.25) is 5.02 Å². The summed E-state index contributed by atoms with van der Waals surface area (Å²) in [5.41, 5.74) is 20.9. The van der Waals surface area contributed by atoms with Gasteiger partial charge in [-0.3, -0.25) is 33.9 Å². The summed E-state index contributed by atoms with van der Waals surface area (Å²) in [5, 5.41) is 13.1. The van der Waals surface area contributed by atoms with Gasteiger partial charge in [0.15, 0.2) is 23.0 Å². The van der Waals surface area contributed by atoms with Gasteiger partial charge in [-0.05, 0) is 254 Å². The first-order valence-corrected chi connectivity index (χ1v) is 45.1. The zero-order chi connectivity index (χ0) is 86.8. The van der Waals surface area contributed by atoms with Gasteiger partial charge in [-0.1, -0.05) is 183 Å². The van der Waals surface area contributed by atoms with E-state index in [2.05, 4.69) is 52.8 Å². The summed E-state index contributed by atoms with van der Waals surface area (Å²) in [7, 11) is -5.32. The minimum atomic E-state index is -3.48. The maximum absolute atomic E-state index is 13.6. The van der Waals surface area contributed by atoms with E-state index in [1.807, 2.05) is 220 Å². The van der Waals surface area contributed by atoms with E-state index in [-0.39, 0.29) is 66.2 Å². The van der Waals surface area contributed by atoms with Crippen LogP contribution < -0.4 is 61.5 Å². The molecule has 0 radical (unpaired) electrons. The minimum absolute atomic E-state index is 0. The number of amides is 5. The van der Waals surface area contributed by atoms with Gasteiger partial charge in [-0.15, -0.1) is 0 Å². The monoisotopic (exact) mass is 1740 g/mol. The van der Waals surface area contributed by atoms with E-state index in [4.69, 9.17) is 36.3 Å². The standard InChI is InChI=1S/C26H27ClN2O3S.C26H28N2O3S.C24H21N3O4.C23H20N2O3.H3N.4H2/c1-28-33(31,32)24-14-8-19(9-15-24)20-6-5-7-23(18-20)29-25(30)26(16-3-2-4-17-26)21-10-12-22(27)13-11-21;1-32(30,31)27-19-20-12-14-21(15-13-20)22-8-7-11-24(18-22)28-25(29)26(16-5-6-17-26)23-9-3-2-4-10-23;1-14-2-5-17(11-18(14)15-3-6-19(22(25)28)26-12-15)27-23(29)24(8-9-24)16-4-7-20-21(10-16)31-13-30-20;1-15-5-7-17(13-18(15)19-4-2-3-11-24-19)25-22(26)23(9-10-23)16-6-8-20-21(12-16)28-14-27-20;;;;;/h5-15,18,28H,2-4,16-17H2,1H3,(H,29,30);2-4,7-15,18,27H,5-6,16-17,19H2,1H3,(H,28,29);2-7,10-12H,8-9,13H2,1H3,(H2,25,28)(H,27,29);2-8,11-13H,9-10,14H2,1H3,(H,25,26);1H3;4*1H. The smallest absolute Gasteiger partial charge is 0.267 e. The van der Waals surface area contributed by atoms with Gasteiger partial charge in [0.25, 0.3) is 5.91 Å². The number of carbonyl (C=O) groups is 5. The van der Waals surface area contributed by atoms with Crippen LogP contribution in [0, 0.1) is 13.8 Å². The predicted octanol–water partition coefficient (Wildman–Crippen LogP) is 19.8.